The van der Waals surface area contributed by atoms with Gasteiger partial charge in [0.1, 0.15) is 0 Å². The van der Waals surface area contributed by atoms with Crippen molar-refractivity contribution in [1.82, 2.24) is 20.4 Å². The molecule has 128 valence electrons. The molecule has 0 unspecified atom stereocenters. The molecule has 0 bridgehead atoms. The second kappa shape index (κ2) is 7.44. The first-order valence-corrected chi connectivity index (χ1v) is 9.26. The van der Waals surface area contributed by atoms with Crippen molar-refractivity contribution in [3.05, 3.63) is 0 Å². The van der Waals surface area contributed by atoms with Gasteiger partial charge in [0.05, 0.1) is 0 Å². The van der Waals surface area contributed by atoms with E-state index in [4.69, 9.17) is 0 Å². The van der Waals surface area contributed by atoms with Crippen LogP contribution in [0.3, 0.4) is 0 Å². The molecule has 1 aromatic heterocycles. The molecule has 1 aliphatic carbocycles. The molecule has 1 aliphatic heterocycles. The molecule has 2 amide bonds. The molecule has 1 saturated heterocycles. The van der Waals surface area contributed by atoms with E-state index in [0.29, 0.717) is 17.2 Å². The maximum absolute atomic E-state index is 12.0. The van der Waals surface area contributed by atoms with E-state index in [0.717, 1.165) is 43.9 Å². The van der Waals surface area contributed by atoms with Crippen LogP contribution in [0.1, 0.15) is 38.5 Å². The van der Waals surface area contributed by atoms with Crippen LogP contribution >= 0.6 is 11.3 Å². The number of carbonyl (C=O) groups excluding carboxylic acids is 1. The molecule has 3 rings (SSSR count). The summed E-state index contributed by atoms with van der Waals surface area (Å²) in [4.78, 5) is 16.5. The number of carbonyl (C=O) groups is 1. The van der Waals surface area contributed by atoms with E-state index in [1.54, 1.807) is 0 Å². The van der Waals surface area contributed by atoms with Gasteiger partial charge in [-0.15, -0.1) is 10.2 Å². The highest BCUT2D eigenvalue weighted by molar-refractivity contribution is 7.19. The van der Waals surface area contributed by atoms with Crippen LogP contribution in [0.25, 0.3) is 0 Å². The average molecular weight is 338 g/mol. The lowest BCUT2D eigenvalue weighted by Crippen LogP contribution is -2.41. The SMILES string of the molecule is CN1CCC(N(C)c2nnc(NC(=O)NC3CCCC3)s2)CC1. The zero-order valence-electron chi connectivity index (χ0n) is 13.9. The van der Waals surface area contributed by atoms with Crippen LogP contribution in [-0.4, -0.2) is 60.4 Å². The van der Waals surface area contributed by atoms with Gasteiger partial charge >= 0.3 is 6.03 Å². The minimum Gasteiger partial charge on any atom is -0.347 e. The summed E-state index contributed by atoms with van der Waals surface area (Å²) in [5.41, 5.74) is 0. The van der Waals surface area contributed by atoms with Crippen LogP contribution in [0, 0.1) is 0 Å². The first-order chi connectivity index (χ1) is 11.1. The number of anilines is 2. The molecule has 2 aliphatic rings. The standard InChI is InChI=1S/C15H26N6OS/c1-20-9-7-12(8-10-20)21(2)15-19-18-14(23-15)17-13(22)16-11-5-3-4-6-11/h11-12H,3-10H2,1-2H3,(H2,16,17,18,22). The third-order valence-corrected chi connectivity index (χ3v) is 5.79. The van der Waals surface area contributed by atoms with Crippen molar-refractivity contribution in [2.45, 2.75) is 50.6 Å². The fourth-order valence-corrected chi connectivity index (χ4v) is 4.11. The van der Waals surface area contributed by atoms with Crippen LogP contribution in [0.4, 0.5) is 15.1 Å². The number of amides is 2. The Morgan fingerprint density at radius 2 is 1.91 bits per heavy atom. The minimum absolute atomic E-state index is 0.165. The van der Waals surface area contributed by atoms with Crippen molar-refractivity contribution < 1.29 is 4.79 Å². The Morgan fingerprint density at radius 1 is 1.22 bits per heavy atom. The number of nitrogens with one attached hydrogen (secondary N) is 2. The predicted molar refractivity (Wildman–Crippen MR) is 93.2 cm³/mol. The number of aromatic nitrogens is 2. The lowest BCUT2D eigenvalue weighted by molar-refractivity contribution is 0.248. The molecule has 1 aromatic rings. The van der Waals surface area contributed by atoms with E-state index in [-0.39, 0.29) is 6.03 Å². The highest BCUT2D eigenvalue weighted by Crippen LogP contribution is 2.27. The van der Waals surface area contributed by atoms with Gasteiger partial charge < -0.3 is 15.1 Å². The van der Waals surface area contributed by atoms with E-state index in [2.05, 4.69) is 44.7 Å². The van der Waals surface area contributed by atoms with Crippen LogP contribution < -0.4 is 15.5 Å². The lowest BCUT2D eigenvalue weighted by Gasteiger charge is -2.34. The number of hydrogen-bond donors (Lipinski definition) is 2. The van der Waals surface area contributed by atoms with Crippen molar-refractivity contribution in [1.29, 1.82) is 0 Å². The smallest absolute Gasteiger partial charge is 0.321 e. The fraction of sp³-hybridized carbons (Fsp3) is 0.800. The molecule has 0 radical (unpaired) electrons. The molecule has 2 N–H and O–H groups in total. The first-order valence-electron chi connectivity index (χ1n) is 8.44. The molecule has 7 nitrogen and oxygen atoms in total. The quantitative estimate of drug-likeness (QED) is 0.880. The molecular formula is C15H26N6OS. The van der Waals surface area contributed by atoms with E-state index in [1.165, 1.54) is 24.2 Å². The Hall–Kier alpha value is -1.41. The van der Waals surface area contributed by atoms with E-state index >= 15 is 0 Å². The van der Waals surface area contributed by atoms with Crippen molar-refractivity contribution in [2.24, 2.45) is 0 Å². The summed E-state index contributed by atoms with van der Waals surface area (Å²) in [6.45, 7) is 2.23. The number of urea groups is 1. The summed E-state index contributed by atoms with van der Waals surface area (Å²) in [5, 5.41) is 15.6. The summed E-state index contributed by atoms with van der Waals surface area (Å²) in [7, 11) is 4.23. The van der Waals surface area contributed by atoms with Crippen molar-refractivity contribution in [3.63, 3.8) is 0 Å². The Morgan fingerprint density at radius 3 is 2.61 bits per heavy atom. The van der Waals surface area contributed by atoms with Crippen molar-refractivity contribution in [3.8, 4) is 0 Å². The van der Waals surface area contributed by atoms with E-state index in [9.17, 15) is 4.79 Å². The number of rotatable bonds is 4. The van der Waals surface area contributed by atoms with E-state index < -0.39 is 0 Å². The van der Waals surface area contributed by atoms with Gasteiger partial charge in [-0.2, -0.15) is 0 Å². The maximum atomic E-state index is 12.0. The summed E-state index contributed by atoms with van der Waals surface area (Å²) in [6.07, 6.45) is 6.83. The van der Waals surface area contributed by atoms with Gasteiger partial charge in [-0.25, -0.2) is 4.79 Å². The van der Waals surface area contributed by atoms with Gasteiger partial charge in [0, 0.05) is 19.1 Å². The number of likely N-dealkylation sites (tertiary alicyclic amines) is 1. The van der Waals surface area contributed by atoms with Gasteiger partial charge in [0.15, 0.2) is 0 Å². The normalized spacial score (nSPS) is 20.6. The Kier molecular flexibility index (Phi) is 5.32. The molecule has 2 fully saturated rings. The van der Waals surface area contributed by atoms with Crippen molar-refractivity contribution >= 4 is 27.6 Å². The van der Waals surface area contributed by atoms with Crippen LogP contribution in [-0.2, 0) is 0 Å². The summed E-state index contributed by atoms with van der Waals surface area (Å²) >= 11 is 1.44. The maximum Gasteiger partial charge on any atom is 0.321 e. The minimum atomic E-state index is -0.165. The number of piperidine rings is 1. The Balaban J connectivity index is 1.51. The molecular weight excluding hydrogens is 312 g/mol. The topological polar surface area (TPSA) is 73.4 Å². The molecule has 0 atom stereocenters. The Bertz CT molecular complexity index is 522. The van der Waals surface area contributed by atoms with Gasteiger partial charge in [0.2, 0.25) is 10.3 Å². The second-order valence-corrected chi connectivity index (χ2v) is 7.57. The van der Waals surface area contributed by atoms with Crippen LogP contribution in [0.2, 0.25) is 0 Å². The predicted octanol–water partition coefficient (Wildman–Crippen LogP) is 2.13. The average Bonchev–Trinajstić information content (AvgIpc) is 3.19. The third kappa shape index (κ3) is 4.32. The van der Waals surface area contributed by atoms with Crippen LogP contribution in [0.15, 0.2) is 0 Å². The largest absolute Gasteiger partial charge is 0.347 e. The highest BCUT2D eigenvalue weighted by atomic mass is 32.1. The lowest BCUT2D eigenvalue weighted by atomic mass is 10.1. The fourth-order valence-electron chi connectivity index (χ4n) is 3.34. The summed E-state index contributed by atoms with van der Waals surface area (Å²) in [5.74, 6) is 0. The van der Waals surface area contributed by atoms with Gasteiger partial charge in [-0.3, -0.25) is 5.32 Å². The van der Waals surface area contributed by atoms with Crippen LogP contribution in [0.5, 0.6) is 0 Å². The van der Waals surface area contributed by atoms with E-state index in [1.807, 2.05) is 0 Å². The molecule has 8 heteroatoms. The first kappa shape index (κ1) is 16.4. The number of nitrogens with zero attached hydrogens (tertiary/aromatic N) is 4. The third-order valence-electron chi connectivity index (χ3n) is 4.86. The molecule has 2 heterocycles. The zero-order valence-corrected chi connectivity index (χ0v) is 14.7. The zero-order chi connectivity index (χ0) is 16.2. The number of hydrogen-bond acceptors (Lipinski definition) is 6. The van der Waals surface area contributed by atoms with Gasteiger partial charge in [0.25, 0.3) is 0 Å². The van der Waals surface area contributed by atoms with Gasteiger partial charge in [-0.1, -0.05) is 24.2 Å². The Labute approximate surface area is 141 Å². The summed E-state index contributed by atoms with van der Waals surface area (Å²) in [6, 6.07) is 0.644. The molecule has 23 heavy (non-hydrogen) atoms. The monoisotopic (exact) mass is 338 g/mol. The van der Waals surface area contributed by atoms with Crippen molar-refractivity contribution in [2.75, 3.05) is 37.4 Å². The van der Waals surface area contributed by atoms with Gasteiger partial charge in [-0.05, 0) is 45.8 Å². The molecule has 0 spiro atoms. The summed E-state index contributed by atoms with van der Waals surface area (Å²) < 4.78 is 0. The molecule has 1 saturated carbocycles. The molecule has 0 aromatic carbocycles. The second-order valence-electron chi connectivity index (χ2n) is 6.61. The highest BCUT2D eigenvalue weighted by Gasteiger charge is 2.23.